The molecule has 0 saturated heterocycles. The van der Waals surface area contributed by atoms with Gasteiger partial charge in [-0.3, -0.25) is 0 Å². The van der Waals surface area contributed by atoms with E-state index < -0.39 is 0 Å². The lowest BCUT2D eigenvalue weighted by molar-refractivity contribution is 0.477. The van der Waals surface area contributed by atoms with Gasteiger partial charge in [0.1, 0.15) is 11.5 Å². The first-order chi connectivity index (χ1) is 10.2. The summed E-state index contributed by atoms with van der Waals surface area (Å²) in [4.78, 5) is 0. The smallest absolute Gasteiger partial charge is 0.130 e. The quantitative estimate of drug-likeness (QED) is 0.750. The highest BCUT2D eigenvalue weighted by Gasteiger charge is 2.08. The van der Waals surface area contributed by atoms with Crippen molar-refractivity contribution in [3.05, 3.63) is 59.7 Å². The molecule has 0 bridgehead atoms. The summed E-state index contributed by atoms with van der Waals surface area (Å²) in [7, 11) is 0. The molecule has 0 aliphatic heterocycles. The van der Waals surface area contributed by atoms with Crippen molar-refractivity contribution in [2.24, 2.45) is 0 Å². The van der Waals surface area contributed by atoms with Crippen LogP contribution in [0.25, 0.3) is 0 Å². The fraction of sp³-hybridized carbons (Fsp3) is 0.368. The van der Waals surface area contributed by atoms with Crippen molar-refractivity contribution in [3.8, 4) is 11.5 Å². The predicted molar refractivity (Wildman–Crippen MR) is 89.0 cm³/mol. The van der Waals surface area contributed by atoms with Gasteiger partial charge in [-0.1, -0.05) is 44.2 Å². The van der Waals surface area contributed by atoms with Crippen LogP contribution in [0.3, 0.4) is 0 Å². The van der Waals surface area contributed by atoms with Crippen LogP contribution >= 0.6 is 0 Å². The molecule has 0 aliphatic carbocycles. The second kappa shape index (κ2) is 7.84. The number of para-hydroxylation sites is 1. The molecule has 1 unspecified atom stereocenters. The van der Waals surface area contributed by atoms with Gasteiger partial charge < -0.3 is 10.1 Å². The van der Waals surface area contributed by atoms with Crippen LogP contribution in [0.2, 0.25) is 0 Å². The summed E-state index contributed by atoms with van der Waals surface area (Å²) in [5.74, 6) is 1.81. The molecule has 0 heterocycles. The topological polar surface area (TPSA) is 21.3 Å². The average molecular weight is 283 g/mol. The number of rotatable bonds is 7. The Morgan fingerprint density at radius 1 is 1.00 bits per heavy atom. The van der Waals surface area contributed by atoms with E-state index in [0.717, 1.165) is 36.4 Å². The Morgan fingerprint density at radius 3 is 2.33 bits per heavy atom. The van der Waals surface area contributed by atoms with Crippen LogP contribution in [0.15, 0.2) is 48.5 Å². The summed E-state index contributed by atoms with van der Waals surface area (Å²) in [6.45, 7) is 7.52. The van der Waals surface area contributed by atoms with Gasteiger partial charge in [0.25, 0.3) is 0 Å². The number of ether oxygens (including phenoxy) is 1. The number of aryl methyl sites for hydroxylation is 1. The Labute approximate surface area is 128 Å². The summed E-state index contributed by atoms with van der Waals surface area (Å²) >= 11 is 0. The number of nitrogens with one attached hydrogen (secondary N) is 1. The lowest BCUT2D eigenvalue weighted by Crippen LogP contribution is -2.21. The molecule has 2 aromatic carbocycles. The standard InChI is InChI=1S/C19H25NO/c1-4-14-20-18(5-2)16-10-12-17(13-11-16)21-19-9-7-6-8-15(19)3/h6-13,18,20H,4-5,14H2,1-3H3. The van der Waals surface area contributed by atoms with E-state index in [1.54, 1.807) is 0 Å². The van der Waals surface area contributed by atoms with Crippen LogP contribution < -0.4 is 10.1 Å². The first kappa shape index (κ1) is 15.6. The van der Waals surface area contributed by atoms with Crippen molar-refractivity contribution in [2.45, 2.75) is 39.7 Å². The minimum absolute atomic E-state index is 0.428. The molecule has 2 rings (SSSR count). The van der Waals surface area contributed by atoms with Crippen LogP contribution in [0, 0.1) is 6.92 Å². The maximum absolute atomic E-state index is 5.94. The Morgan fingerprint density at radius 2 is 1.71 bits per heavy atom. The monoisotopic (exact) mass is 283 g/mol. The van der Waals surface area contributed by atoms with E-state index in [-0.39, 0.29) is 0 Å². The maximum atomic E-state index is 5.94. The van der Waals surface area contributed by atoms with Crippen LogP contribution in [-0.2, 0) is 0 Å². The van der Waals surface area contributed by atoms with E-state index in [1.165, 1.54) is 5.56 Å². The van der Waals surface area contributed by atoms with Crippen molar-refractivity contribution in [3.63, 3.8) is 0 Å². The molecule has 21 heavy (non-hydrogen) atoms. The Hall–Kier alpha value is -1.80. The Balaban J connectivity index is 2.06. The highest BCUT2D eigenvalue weighted by atomic mass is 16.5. The van der Waals surface area contributed by atoms with Gasteiger partial charge in [-0.15, -0.1) is 0 Å². The first-order valence-electron chi connectivity index (χ1n) is 7.81. The molecule has 0 aromatic heterocycles. The van der Waals surface area contributed by atoms with Crippen molar-refractivity contribution in [2.75, 3.05) is 6.54 Å². The van der Waals surface area contributed by atoms with Gasteiger partial charge in [-0.2, -0.15) is 0 Å². The van der Waals surface area contributed by atoms with E-state index in [9.17, 15) is 0 Å². The molecule has 0 fully saturated rings. The van der Waals surface area contributed by atoms with Crippen molar-refractivity contribution < 1.29 is 4.74 Å². The first-order valence-corrected chi connectivity index (χ1v) is 7.81. The van der Waals surface area contributed by atoms with Gasteiger partial charge >= 0.3 is 0 Å². The lowest BCUT2D eigenvalue weighted by atomic mass is 10.0. The van der Waals surface area contributed by atoms with Crippen molar-refractivity contribution in [1.29, 1.82) is 0 Å². The maximum Gasteiger partial charge on any atom is 0.130 e. The predicted octanol–water partition coefficient (Wildman–Crippen LogP) is 5.24. The third-order valence-corrected chi connectivity index (χ3v) is 3.65. The molecule has 0 spiro atoms. The second-order valence-electron chi connectivity index (χ2n) is 5.35. The van der Waals surface area contributed by atoms with E-state index in [0.29, 0.717) is 6.04 Å². The summed E-state index contributed by atoms with van der Waals surface area (Å²) in [5, 5.41) is 3.57. The molecule has 112 valence electrons. The van der Waals surface area contributed by atoms with Gasteiger partial charge in [0, 0.05) is 6.04 Å². The zero-order chi connectivity index (χ0) is 15.1. The van der Waals surface area contributed by atoms with E-state index in [1.807, 2.05) is 18.2 Å². The zero-order valence-corrected chi connectivity index (χ0v) is 13.2. The average Bonchev–Trinajstić information content (AvgIpc) is 2.52. The molecule has 0 aliphatic rings. The van der Waals surface area contributed by atoms with Gasteiger partial charge in [0.15, 0.2) is 0 Å². The van der Waals surface area contributed by atoms with E-state index in [4.69, 9.17) is 4.74 Å². The van der Waals surface area contributed by atoms with Gasteiger partial charge in [0.2, 0.25) is 0 Å². The Bertz CT molecular complexity index is 548. The SMILES string of the molecule is CCCNC(CC)c1ccc(Oc2ccccc2C)cc1. The van der Waals surface area contributed by atoms with E-state index >= 15 is 0 Å². The number of benzene rings is 2. The highest BCUT2D eigenvalue weighted by Crippen LogP contribution is 2.26. The molecular formula is C19H25NO. The minimum atomic E-state index is 0.428. The normalized spacial score (nSPS) is 12.1. The Kier molecular flexibility index (Phi) is 5.82. The van der Waals surface area contributed by atoms with Gasteiger partial charge in [0.05, 0.1) is 0 Å². The molecule has 0 saturated carbocycles. The van der Waals surface area contributed by atoms with E-state index in [2.05, 4.69) is 56.4 Å². The summed E-state index contributed by atoms with van der Waals surface area (Å²) in [6.07, 6.45) is 2.25. The molecule has 0 radical (unpaired) electrons. The number of hydrogen-bond acceptors (Lipinski definition) is 2. The zero-order valence-electron chi connectivity index (χ0n) is 13.2. The largest absolute Gasteiger partial charge is 0.457 e. The molecule has 2 nitrogen and oxygen atoms in total. The lowest BCUT2D eigenvalue weighted by Gasteiger charge is -2.17. The second-order valence-corrected chi connectivity index (χ2v) is 5.35. The van der Waals surface area contributed by atoms with Crippen molar-refractivity contribution >= 4 is 0 Å². The fourth-order valence-electron chi connectivity index (χ4n) is 2.38. The molecule has 1 atom stereocenters. The third kappa shape index (κ3) is 4.33. The van der Waals surface area contributed by atoms with Crippen LogP contribution in [0.1, 0.15) is 43.9 Å². The van der Waals surface area contributed by atoms with Crippen LogP contribution in [0.4, 0.5) is 0 Å². The summed E-state index contributed by atoms with van der Waals surface area (Å²) in [5.41, 5.74) is 2.47. The molecule has 1 N–H and O–H groups in total. The highest BCUT2D eigenvalue weighted by molar-refractivity contribution is 5.38. The minimum Gasteiger partial charge on any atom is -0.457 e. The van der Waals surface area contributed by atoms with Gasteiger partial charge in [-0.25, -0.2) is 0 Å². The number of hydrogen-bond donors (Lipinski definition) is 1. The summed E-state index contributed by atoms with van der Waals surface area (Å²) < 4.78 is 5.94. The van der Waals surface area contributed by atoms with Gasteiger partial charge in [-0.05, 0) is 55.6 Å². The fourth-order valence-corrected chi connectivity index (χ4v) is 2.38. The molecule has 0 amide bonds. The summed E-state index contributed by atoms with van der Waals surface area (Å²) in [6, 6.07) is 16.9. The molecule has 2 heteroatoms. The molecule has 2 aromatic rings. The third-order valence-electron chi connectivity index (χ3n) is 3.65. The molecular weight excluding hydrogens is 258 g/mol. The van der Waals surface area contributed by atoms with Crippen LogP contribution in [-0.4, -0.2) is 6.54 Å². The van der Waals surface area contributed by atoms with Crippen molar-refractivity contribution in [1.82, 2.24) is 5.32 Å². The van der Waals surface area contributed by atoms with Crippen LogP contribution in [0.5, 0.6) is 11.5 Å².